The van der Waals surface area contributed by atoms with Crippen molar-refractivity contribution in [3.8, 4) is 11.5 Å². The number of nitrogens with zero attached hydrogens (tertiary/aromatic N) is 1. The fourth-order valence-corrected chi connectivity index (χ4v) is 3.38. The number of oxazole rings is 1. The van der Waals surface area contributed by atoms with Crippen LogP contribution in [-0.2, 0) is 9.84 Å². The Morgan fingerprint density at radius 1 is 1.04 bits per heavy atom. The molecule has 0 amide bonds. The van der Waals surface area contributed by atoms with Crippen LogP contribution in [0.3, 0.4) is 0 Å². The van der Waals surface area contributed by atoms with Crippen LogP contribution in [0.15, 0.2) is 45.7 Å². The zero-order valence-electron chi connectivity index (χ0n) is 14.7. The SMILES string of the molecule is CCS(=O)(=O)c1ccc2oc(/C=C/c3ccc(OC)c(OC)c3)nc2c1. The van der Waals surface area contributed by atoms with Crippen molar-refractivity contribution in [2.24, 2.45) is 0 Å². The van der Waals surface area contributed by atoms with E-state index in [0.717, 1.165) is 5.56 Å². The molecule has 0 aliphatic rings. The number of ether oxygens (including phenoxy) is 2. The monoisotopic (exact) mass is 373 g/mol. The van der Waals surface area contributed by atoms with Gasteiger partial charge in [0.15, 0.2) is 26.9 Å². The van der Waals surface area contributed by atoms with E-state index in [4.69, 9.17) is 13.9 Å². The topological polar surface area (TPSA) is 78.6 Å². The Bertz CT molecular complexity index is 1070. The van der Waals surface area contributed by atoms with Gasteiger partial charge in [0.25, 0.3) is 0 Å². The summed E-state index contributed by atoms with van der Waals surface area (Å²) in [7, 11) is -0.116. The Labute approximate surface area is 152 Å². The molecule has 0 spiro atoms. The van der Waals surface area contributed by atoms with E-state index in [0.29, 0.717) is 28.5 Å². The largest absolute Gasteiger partial charge is 0.493 e. The third kappa shape index (κ3) is 3.57. The second-order valence-electron chi connectivity index (χ2n) is 5.53. The molecule has 0 fully saturated rings. The van der Waals surface area contributed by atoms with Gasteiger partial charge in [0, 0.05) is 6.08 Å². The van der Waals surface area contributed by atoms with E-state index in [9.17, 15) is 8.42 Å². The standard InChI is InChI=1S/C19H19NO5S/c1-4-26(21,22)14-7-9-16-15(12-14)20-19(25-16)10-6-13-5-8-17(23-2)18(11-13)24-3/h5-12H,4H2,1-3H3/b10-6+. The lowest BCUT2D eigenvalue weighted by Crippen LogP contribution is -2.03. The van der Waals surface area contributed by atoms with Gasteiger partial charge in [-0.05, 0) is 42.0 Å². The lowest BCUT2D eigenvalue weighted by atomic mass is 10.2. The van der Waals surface area contributed by atoms with Gasteiger partial charge in [0.1, 0.15) is 5.52 Å². The minimum absolute atomic E-state index is 0.0441. The number of methoxy groups -OCH3 is 2. The van der Waals surface area contributed by atoms with Gasteiger partial charge in [-0.15, -0.1) is 0 Å². The molecular weight excluding hydrogens is 354 g/mol. The molecule has 1 aromatic heterocycles. The average Bonchev–Trinajstić information content (AvgIpc) is 3.08. The van der Waals surface area contributed by atoms with Crippen LogP contribution in [0.4, 0.5) is 0 Å². The van der Waals surface area contributed by atoms with Crippen LogP contribution in [-0.4, -0.2) is 33.4 Å². The lowest BCUT2D eigenvalue weighted by Gasteiger charge is -2.07. The highest BCUT2D eigenvalue weighted by Crippen LogP contribution is 2.28. The molecule has 0 unspecified atom stereocenters. The molecule has 7 heteroatoms. The number of rotatable bonds is 6. The second kappa shape index (κ2) is 7.21. The Morgan fingerprint density at radius 3 is 2.50 bits per heavy atom. The van der Waals surface area contributed by atoms with Crippen molar-refractivity contribution in [1.29, 1.82) is 0 Å². The predicted octanol–water partition coefficient (Wildman–Crippen LogP) is 3.81. The van der Waals surface area contributed by atoms with Crippen LogP contribution < -0.4 is 9.47 Å². The first kappa shape index (κ1) is 18.0. The highest BCUT2D eigenvalue weighted by Gasteiger charge is 2.14. The summed E-state index contributed by atoms with van der Waals surface area (Å²) in [6.07, 6.45) is 3.55. The minimum Gasteiger partial charge on any atom is -0.493 e. The van der Waals surface area contributed by atoms with Crippen molar-refractivity contribution in [3.63, 3.8) is 0 Å². The molecule has 0 saturated heterocycles. The van der Waals surface area contributed by atoms with E-state index >= 15 is 0 Å². The van der Waals surface area contributed by atoms with Crippen molar-refractivity contribution >= 4 is 33.1 Å². The van der Waals surface area contributed by atoms with Crippen LogP contribution >= 0.6 is 0 Å². The maximum atomic E-state index is 12.0. The highest BCUT2D eigenvalue weighted by atomic mass is 32.2. The molecule has 1 heterocycles. The molecule has 136 valence electrons. The highest BCUT2D eigenvalue weighted by molar-refractivity contribution is 7.91. The van der Waals surface area contributed by atoms with Crippen molar-refractivity contribution in [1.82, 2.24) is 4.98 Å². The molecule has 0 saturated carbocycles. The quantitative estimate of drug-likeness (QED) is 0.654. The van der Waals surface area contributed by atoms with Gasteiger partial charge >= 0.3 is 0 Å². The second-order valence-corrected chi connectivity index (χ2v) is 7.81. The number of fused-ring (bicyclic) bond motifs is 1. The van der Waals surface area contributed by atoms with Gasteiger partial charge in [0.05, 0.1) is 24.9 Å². The van der Waals surface area contributed by atoms with Crippen LogP contribution in [0.25, 0.3) is 23.3 Å². The van der Waals surface area contributed by atoms with Crippen molar-refractivity contribution in [3.05, 3.63) is 47.9 Å². The van der Waals surface area contributed by atoms with Crippen LogP contribution in [0, 0.1) is 0 Å². The molecule has 0 radical (unpaired) electrons. The van der Waals surface area contributed by atoms with Crippen molar-refractivity contribution < 1.29 is 22.3 Å². The summed E-state index contributed by atoms with van der Waals surface area (Å²) in [5, 5.41) is 0. The first-order chi connectivity index (χ1) is 12.5. The predicted molar refractivity (Wildman–Crippen MR) is 100 cm³/mol. The zero-order chi connectivity index (χ0) is 18.7. The van der Waals surface area contributed by atoms with E-state index in [1.54, 1.807) is 33.3 Å². The fraction of sp³-hybridized carbons (Fsp3) is 0.211. The Morgan fingerprint density at radius 2 is 1.81 bits per heavy atom. The first-order valence-electron chi connectivity index (χ1n) is 8.00. The molecule has 26 heavy (non-hydrogen) atoms. The summed E-state index contributed by atoms with van der Waals surface area (Å²) in [6.45, 7) is 1.61. The van der Waals surface area contributed by atoms with Gasteiger partial charge in [-0.1, -0.05) is 13.0 Å². The molecule has 0 atom stereocenters. The van der Waals surface area contributed by atoms with Gasteiger partial charge in [-0.2, -0.15) is 0 Å². The van der Waals surface area contributed by atoms with E-state index < -0.39 is 9.84 Å². The van der Waals surface area contributed by atoms with Gasteiger partial charge in [-0.3, -0.25) is 0 Å². The van der Waals surface area contributed by atoms with Crippen LogP contribution in [0.5, 0.6) is 11.5 Å². The van der Waals surface area contributed by atoms with Crippen molar-refractivity contribution in [2.45, 2.75) is 11.8 Å². The van der Waals surface area contributed by atoms with E-state index in [1.165, 1.54) is 12.1 Å². The van der Waals surface area contributed by atoms with Crippen LogP contribution in [0.2, 0.25) is 0 Å². The maximum absolute atomic E-state index is 12.0. The number of hydrogen-bond donors (Lipinski definition) is 0. The molecular formula is C19H19NO5S. The van der Waals surface area contributed by atoms with Crippen LogP contribution in [0.1, 0.15) is 18.4 Å². The third-order valence-corrected chi connectivity index (χ3v) is 5.67. The molecule has 0 bridgehead atoms. The molecule has 3 rings (SSSR count). The van der Waals surface area contributed by atoms with Gasteiger partial charge in [-0.25, -0.2) is 13.4 Å². The number of sulfone groups is 1. The van der Waals surface area contributed by atoms with Crippen molar-refractivity contribution in [2.75, 3.05) is 20.0 Å². The number of benzene rings is 2. The maximum Gasteiger partial charge on any atom is 0.220 e. The van der Waals surface area contributed by atoms with Gasteiger partial charge < -0.3 is 13.9 Å². The Kier molecular flexibility index (Phi) is 4.99. The normalized spacial score (nSPS) is 12.0. The smallest absolute Gasteiger partial charge is 0.220 e. The molecule has 0 aliphatic heterocycles. The summed E-state index contributed by atoms with van der Waals surface area (Å²) in [4.78, 5) is 4.59. The van der Waals surface area contributed by atoms with Gasteiger partial charge in [0.2, 0.25) is 5.89 Å². The van der Waals surface area contributed by atoms with E-state index in [2.05, 4.69) is 4.98 Å². The third-order valence-electron chi connectivity index (χ3n) is 3.94. The first-order valence-corrected chi connectivity index (χ1v) is 9.65. The summed E-state index contributed by atoms with van der Waals surface area (Å²) >= 11 is 0. The summed E-state index contributed by atoms with van der Waals surface area (Å²) in [6, 6.07) is 10.2. The number of aromatic nitrogens is 1. The summed E-state index contributed by atoms with van der Waals surface area (Å²) in [5.41, 5.74) is 1.93. The summed E-state index contributed by atoms with van der Waals surface area (Å²) in [5.74, 6) is 1.71. The minimum atomic E-state index is -3.28. The molecule has 3 aromatic rings. The average molecular weight is 373 g/mol. The summed E-state index contributed by atoms with van der Waals surface area (Å²) < 4.78 is 40.1. The number of hydrogen-bond acceptors (Lipinski definition) is 6. The lowest BCUT2D eigenvalue weighted by molar-refractivity contribution is 0.355. The molecule has 6 nitrogen and oxygen atoms in total. The molecule has 2 aromatic carbocycles. The zero-order valence-corrected chi connectivity index (χ0v) is 15.5. The molecule has 0 N–H and O–H groups in total. The Hall–Kier alpha value is -2.80. The van der Waals surface area contributed by atoms with E-state index in [1.807, 2.05) is 24.3 Å². The Balaban J connectivity index is 1.90. The van der Waals surface area contributed by atoms with E-state index in [-0.39, 0.29) is 10.6 Å². The molecule has 0 aliphatic carbocycles. The fourth-order valence-electron chi connectivity index (χ4n) is 2.48.